The SMILES string of the molecule is O=C(Cn1nnc2ccccc21)N1CCC(n2cc(C3CC3)nn2)C1. The van der Waals surface area contributed by atoms with Gasteiger partial charge in [-0.05, 0) is 31.4 Å². The van der Waals surface area contributed by atoms with Crippen LogP contribution in [0.4, 0.5) is 0 Å². The first-order chi connectivity index (χ1) is 12.3. The van der Waals surface area contributed by atoms with Crippen LogP contribution in [0.25, 0.3) is 11.0 Å². The highest BCUT2D eigenvalue weighted by Gasteiger charge is 2.31. The van der Waals surface area contributed by atoms with Crippen molar-refractivity contribution in [3.8, 4) is 0 Å². The van der Waals surface area contributed by atoms with Crippen LogP contribution in [0.2, 0.25) is 0 Å². The number of hydrogen-bond acceptors (Lipinski definition) is 5. The van der Waals surface area contributed by atoms with Crippen LogP contribution in [-0.2, 0) is 11.3 Å². The molecule has 2 aromatic heterocycles. The Kier molecular flexibility index (Phi) is 3.29. The zero-order valence-corrected chi connectivity index (χ0v) is 13.8. The Balaban J connectivity index is 1.26. The molecule has 2 aliphatic rings. The number of likely N-dealkylation sites (tertiary alicyclic amines) is 1. The van der Waals surface area contributed by atoms with Crippen LogP contribution in [0, 0.1) is 0 Å². The predicted molar refractivity (Wildman–Crippen MR) is 89.8 cm³/mol. The smallest absolute Gasteiger partial charge is 0.244 e. The average Bonchev–Trinajstić information content (AvgIpc) is 3.04. The molecule has 1 saturated heterocycles. The van der Waals surface area contributed by atoms with Crippen molar-refractivity contribution in [1.29, 1.82) is 0 Å². The van der Waals surface area contributed by atoms with E-state index in [2.05, 4.69) is 26.8 Å². The molecule has 25 heavy (non-hydrogen) atoms. The monoisotopic (exact) mass is 337 g/mol. The Labute approximate surface area is 144 Å². The number of carbonyl (C=O) groups is 1. The summed E-state index contributed by atoms with van der Waals surface area (Å²) in [6, 6.07) is 7.90. The minimum Gasteiger partial charge on any atom is -0.339 e. The Morgan fingerprint density at radius 3 is 2.88 bits per heavy atom. The molecule has 1 aliphatic carbocycles. The summed E-state index contributed by atoms with van der Waals surface area (Å²) in [5.74, 6) is 0.675. The van der Waals surface area contributed by atoms with Crippen molar-refractivity contribution in [1.82, 2.24) is 34.9 Å². The number of rotatable bonds is 4. The van der Waals surface area contributed by atoms with E-state index >= 15 is 0 Å². The van der Waals surface area contributed by atoms with Gasteiger partial charge in [-0.1, -0.05) is 22.6 Å². The lowest BCUT2D eigenvalue weighted by Gasteiger charge is -2.16. The number of hydrogen-bond donors (Lipinski definition) is 0. The summed E-state index contributed by atoms with van der Waals surface area (Å²) in [5, 5.41) is 16.8. The number of amides is 1. The van der Waals surface area contributed by atoms with Gasteiger partial charge in [0.15, 0.2) is 0 Å². The lowest BCUT2D eigenvalue weighted by atomic mass is 10.2. The largest absolute Gasteiger partial charge is 0.339 e. The number of para-hydroxylation sites is 1. The first-order valence-electron chi connectivity index (χ1n) is 8.75. The van der Waals surface area contributed by atoms with E-state index < -0.39 is 0 Å². The zero-order valence-electron chi connectivity index (χ0n) is 13.8. The van der Waals surface area contributed by atoms with Crippen LogP contribution in [0.3, 0.4) is 0 Å². The van der Waals surface area contributed by atoms with Crippen molar-refractivity contribution in [3.63, 3.8) is 0 Å². The Morgan fingerprint density at radius 2 is 2.00 bits per heavy atom. The number of fused-ring (bicyclic) bond motifs is 1. The van der Waals surface area contributed by atoms with E-state index in [0.717, 1.165) is 29.7 Å². The lowest BCUT2D eigenvalue weighted by Crippen LogP contribution is -2.32. The van der Waals surface area contributed by atoms with Gasteiger partial charge in [-0.2, -0.15) is 0 Å². The highest BCUT2D eigenvalue weighted by Crippen LogP contribution is 2.39. The lowest BCUT2D eigenvalue weighted by molar-refractivity contribution is -0.131. The fourth-order valence-corrected chi connectivity index (χ4v) is 3.48. The van der Waals surface area contributed by atoms with Gasteiger partial charge in [0, 0.05) is 25.2 Å². The van der Waals surface area contributed by atoms with E-state index in [-0.39, 0.29) is 18.5 Å². The molecule has 8 nitrogen and oxygen atoms in total. The van der Waals surface area contributed by atoms with Gasteiger partial charge in [-0.3, -0.25) is 4.79 Å². The quantitative estimate of drug-likeness (QED) is 0.718. The third kappa shape index (κ3) is 2.67. The van der Waals surface area contributed by atoms with Gasteiger partial charge in [0.05, 0.1) is 17.3 Å². The molecule has 3 aromatic rings. The van der Waals surface area contributed by atoms with Gasteiger partial charge >= 0.3 is 0 Å². The topological polar surface area (TPSA) is 81.7 Å². The molecule has 0 radical (unpaired) electrons. The summed E-state index contributed by atoms with van der Waals surface area (Å²) >= 11 is 0. The molecule has 0 spiro atoms. The second-order valence-electron chi connectivity index (χ2n) is 6.92. The van der Waals surface area contributed by atoms with Gasteiger partial charge in [0.2, 0.25) is 5.91 Å². The van der Waals surface area contributed by atoms with Crippen LogP contribution in [0.1, 0.15) is 36.9 Å². The molecule has 0 N–H and O–H groups in total. The second kappa shape index (κ2) is 5.65. The Hall–Kier alpha value is -2.77. The summed E-state index contributed by atoms with van der Waals surface area (Å²) in [6.45, 7) is 1.64. The van der Waals surface area contributed by atoms with Gasteiger partial charge in [0.1, 0.15) is 12.1 Å². The van der Waals surface area contributed by atoms with Crippen LogP contribution in [-0.4, -0.2) is 53.9 Å². The number of carbonyl (C=O) groups excluding carboxylic acids is 1. The van der Waals surface area contributed by atoms with E-state index in [9.17, 15) is 4.79 Å². The van der Waals surface area contributed by atoms with Crippen molar-refractivity contribution in [2.75, 3.05) is 13.1 Å². The molecule has 1 aromatic carbocycles. The summed E-state index contributed by atoms with van der Waals surface area (Å²) in [5.41, 5.74) is 2.79. The van der Waals surface area contributed by atoms with E-state index in [0.29, 0.717) is 12.5 Å². The first-order valence-corrected chi connectivity index (χ1v) is 8.75. The fourth-order valence-electron chi connectivity index (χ4n) is 3.48. The molecule has 3 heterocycles. The molecule has 2 fully saturated rings. The fraction of sp³-hybridized carbons (Fsp3) is 0.471. The van der Waals surface area contributed by atoms with Crippen molar-refractivity contribution in [2.24, 2.45) is 0 Å². The predicted octanol–water partition coefficient (Wildman–Crippen LogP) is 1.37. The summed E-state index contributed by atoms with van der Waals surface area (Å²) in [7, 11) is 0. The molecule has 1 unspecified atom stereocenters. The normalized spacial score (nSPS) is 20.5. The van der Waals surface area contributed by atoms with Crippen molar-refractivity contribution >= 4 is 16.9 Å². The second-order valence-corrected chi connectivity index (χ2v) is 6.92. The maximum atomic E-state index is 12.6. The Morgan fingerprint density at radius 1 is 1.12 bits per heavy atom. The van der Waals surface area contributed by atoms with Gasteiger partial charge in [-0.25, -0.2) is 9.36 Å². The van der Waals surface area contributed by atoms with Crippen molar-refractivity contribution in [3.05, 3.63) is 36.2 Å². The van der Waals surface area contributed by atoms with E-state index in [1.54, 1.807) is 4.68 Å². The van der Waals surface area contributed by atoms with Crippen LogP contribution < -0.4 is 0 Å². The van der Waals surface area contributed by atoms with Gasteiger partial charge in [-0.15, -0.1) is 10.2 Å². The molecular formula is C17H19N7O. The van der Waals surface area contributed by atoms with Crippen LogP contribution in [0.15, 0.2) is 30.5 Å². The van der Waals surface area contributed by atoms with E-state index in [1.807, 2.05) is 33.8 Å². The molecule has 5 rings (SSSR count). The maximum absolute atomic E-state index is 12.6. The minimum absolute atomic E-state index is 0.0701. The number of nitrogens with zero attached hydrogens (tertiary/aromatic N) is 7. The van der Waals surface area contributed by atoms with Crippen LogP contribution >= 0.6 is 0 Å². The van der Waals surface area contributed by atoms with Crippen LogP contribution in [0.5, 0.6) is 0 Å². The summed E-state index contributed by atoms with van der Waals surface area (Å²) in [6.07, 6.45) is 5.41. The standard InChI is InChI=1S/C17H19N7O/c25-17(11-24-16-4-2-1-3-14(16)18-21-24)22-8-7-13(9-22)23-10-15(19-20-23)12-5-6-12/h1-4,10,12-13H,5-9,11H2. The molecule has 128 valence electrons. The van der Waals surface area contributed by atoms with E-state index in [1.165, 1.54) is 12.8 Å². The number of benzene rings is 1. The molecule has 8 heteroatoms. The van der Waals surface area contributed by atoms with Crippen molar-refractivity contribution < 1.29 is 4.79 Å². The molecule has 1 amide bonds. The van der Waals surface area contributed by atoms with Gasteiger partial charge in [0.25, 0.3) is 0 Å². The summed E-state index contributed by atoms with van der Waals surface area (Å²) in [4.78, 5) is 14.5. The highest BCUT2D eigenvalue weighted by molar-refractivity contribution is 5.80. The third-order valence-electron chi connectivity index (χ3n) is 5.12. The number of aromatic nitrogens is 6. The summed E-state index contributed by atoms with van der Waals surface area (Å²) < 4.78 is 3.61. The zero-order chi connectivity index (χ0) is 16.8. The molecule has 1 saturated carbocycles. The molecular weight excluding hydrogens is 318 g/mol. The maximum Gasteiger partial charge on any atom is 0.244 e. The van der Waals surface area contributed by atoms with E-state index in [4.69, 9.17) is 0 Å². The Bertz CT molecular complexity index is 926. The third-order valence-corrected chi connectivity index (χ3v) is 5.12. The minimum atomic E-state index is 0.0701. The average molecular weight is 337 g/mol. The van der Waals surface area contributed by atoms with Crippen molar-refractivity contribution in [2.45, 2.75) is 37.8 Å². The van der Waals surface area contributed by atoms with Gasteiger partial charge < -0.3 is 4.90 Å². The molecule has 0 bridgehead atoms. The molecule has 1 aliphatic heterocycles. The molecule has 1 atom stereocenters. The first kappa shape index (κ1) is 14.6. The highest BCUT2D eigenvalue weighted by atomic mass is 16.2.